The van der Waals surface area contributed by atoms with E-state index in [0.717, 1.165) is 11.3 Å². The molecule has 1 atom stereocenters. The van der Waals surface area contributed by atoms with Crippen LogP contribution in [-0.2, 0) is 16.1 Å². The van der Waals surface area contributed by atoms with Crippen LogP contribution in [0, 0.1) is 5.41 Å². The molecule has 1 unspecified atom stereocenters. The van der Waals surface area contributed by atoms with Gasteiger partial charge in [0.25, 0.3) is 0 Å². The van der Waals surface area contributed by atoms with Gasteiger partial charge in [-0.1, -0.05) is 11.9 Å². The van der Waals surface area contributed by atoms with Crippen LogP contribution >= 0.6 is 23.3 Å². The van der Waals surface area contributed by atoms with Gasteiger partial charge in [-0.2, -0.15) is 0 Å². The van der Waals surface area contributed by atoms with Crippen molar-refractivity contribution < 1.29 is 9.59 Å². The van der Waals surface area contributed by atoms with E-state index >= 15 is 0 Å². The van der Waals surface area contributed by atoms with Gasteiger partial charge in [0.2, 0.25) is 11.8 Å². The van der Waals surface area contributed by atoms with Crippen LogP contribution in [0.15, 0.2) is 11.4 Å². The fourth-order valence-corrected chi connectivity index (χ4v) is 3.57. The molecule has 2 amide bonds. The van der Waals surface area contributed by atoms with E-state index in [9.17, 15) is 9.59 Å². The minimum Gasteiger partial charge on any atom is -0.384 e. The Kier molecular flexibility index (Phi) is 6.43. The molecule has 0 bridgehead atoms. The van der Waals surface area contributed by atoms with Gasteiger partial charge in [-0.05, 0) is 25.2 Å². The van der Waals surface area contributed by atoms with E-state index in [-0.39, 0.29) is 24.2 Å². The van der Waals surface area contributed by atoms with Crippen molar-refractivity contribution in [2.24, 2.45) is 5.73 Å². The summed E-state index contributed by atoms with van der Waals surface area (Å²) in [4.78, 5) is 27.0. The summed E-state index contributed by atoms with van der Waals surface area (Å²) in [5.74, 6) is -0.155. The maximum Gasteiger partial charge on any atom is 0.243 e. The lowest BCUT2D eigenvalue weighted by molar-refractivity contribution is -0.137. The minimum absolute atomic E-state index is 0.0210. The first kappa shape index (κ1) is 17.8. The number of rotatable bonds is 7. The van der Waals surface area contributed by atoms with Crippen molar-refractivity contribution in [2.45, 2.75) is 25.4 Å². The van der Waals surface area contributed by atoms with Gasteiger partial charge in [0.15, 0.2) is 0 Å². The Bertz CT molecular complexity index is 589. The van der Waals surface area contributed by atoms with Crippen LogP contribution in [-0.4, -0.2) is 47.9 Å². The second-order valence-electron chi connectivity index (χ2n) is 5.20. The molecule has 1 aromatic rings. The topological polar surface area (TPSA) is 111 Å². The molecule has 0 saturated carbocycles. The van der Waals surface area contributed by atoms with Gasteiger partial charge >= 0.3 is 0 Å². The summed E-state index contributed by atoms with van der Waals surface area (Å²) in [6.07, 6.45) is 3.40. The first-order chi connectivity index (χ1) is 11.0. The molecule has 0 radical (unpaired) electrons. The van der Waals surface area contributed by atoms with E-state index in [1.807, 2.05) is 6.26 Å². The summed E-state index contributed by atoms with van der Waals surface area (Å²) in [7, 11) is 0. The fraction of sp³-hybridized carbons (Fsp3) is 0.500. The number of thiophene rings is 1. The fourth-order valence-electron chi connectivity index (χ4n) is 2.48. The highest BCUT2D eigenvalue weighted by molar-refractivity contribution is 7.96. The third-order valence-electron chi connectivity index (χ3n) is 3.65. The Hall–Kier alpha value is -1.58. The van der Waals surface area contributed by atoms with Crippen LogP contribution in [0.4, 0.5) is 0 Å². The average Bonchev–Trinajstić information content (AvgIpc) is 3.19. The minimum atomic E-state index is -0.390. The van der Waals surface area contributed by atoms with Gasteiger partial charge in [0.1, 0.15) is 11.9 Å². The standard InChI is InChI=1S/C14H21N5O2S2/c1-22-18-7-12(20)19-4-2-3-11(19)14(21)17-6-10-5-9(8-23-10)13(15)16/h5,8,11,18H,2-4,6-7H2,1H3,(H3,15,16)(H,17,21). The largest absolute Gasteiger partial charge is 0.384 e. The van der Waals surface area contributed by atoms with Crippen LogP contribution in [0.3, 0.4) is 0 Å². The molecule has 1 saturated heterocycles. The van der Waals surface area contributed by atoms with E-state index < -0.39 is 6.04 Å². The predicted octanol–water partition coefficient (Wildman–Crippen LogP) is 0.507. The highest BCUT2D eigenvalue weighted by atomic mass is 32.2. The van der Waals surface area contributed by atoms with Crippen molar-refractivity contribution in [3.8, 4) is 0 Å². The van der Waals surface area contributed by atoms with Crippen LogP contribution in [0.25, 0.3) is 0 Å². The number of likely N-dealkylation sites (tertiary alicyclic amines) is 1. The predicted molar refractivity (Wildman–Crippen MR) is 93.4 cm³/mol. The smallest absolute Gasteiger partial charge is 0.243 e. The van der Waals surface area contributed by atoms with Gasteiger partial charge < -0.3 is 16.0 Å². The SMILES string of the molecule is CSNCC(=O)N1CCCC1C(=O)NCc1cc(C(=N)N)cs1. The molecule has 9 heteroatoms. The number of hydrogen-bond acceptors (Lipinski definition) is 6. The number of amidine groups is 1. The summed E-state index contributed by atoms with van der Waals surface area (Å²) in [5, 5.41) is 12.0. The normalized spacial score (nSPS) is 17.3. The zero-order valence-electron chi connectivity index (χ0n) is 12.9. The zero-order chi connectivity index (χ0) is 16.8. The number of nitrogens with zero attached hydrogens (tertiary/aromatic N) is 1. The zero-order valence-corrected chi connectivity index (χ0v) is 14.6. The summed E-state index contributed by atoms with van der Waals surface area (Å²) in [6.45, 7) is 1.25. The molecule has 126 valence electrons. The molecular formula is C14H21N5O2S2. The summed E-state index contributed by atoms with van der Waals surface area (Å²) >= 11 is 2.84. The van der Waals surface area contributed by atoms with Crippen LogP contribution in [0.2, 0.25) is 0 Å². The van der Waals surface area contributed by atoms with Crippen molar-refractivity contribution in [2.75, 3.05) is 19.3 Å². The third kappa shape index (κ3) is 4.69. The van der Waals surface area contributed by atoms with E-state index in [4.69, 9.17) is 11.1 Å². The van der Waals surface area contributed by atoms with Gasteiger partial charge in [-0.15, -0.1) is 11.3 Å². The number of carbonyl (C=O) groups is 2. The van der Waals surface area contributed by atoms with E-state index in [1.54, 1.807) is 16.3 Å². The lowest BCUT2D eigenvalue weighted by Gasteiger charge is -2.23. The average molecular weight is 355 g/mol. The second-order valence-corrected chi connectivity index (χ2v) is 6.90. The Labute approximate surface area is 143 Å². The van der Waals surface area contributed by atoms with Gasteiger partial charge in [-0.25, -0.2) is 0 Å². The van der Waals surface area contributed by atoms with Gasteiger partial charge in [-0.3, -0.25) is 19.7 Å². The van der Waals surface area contributed by atoms with Crippen molar-refractivity contribution in [1.29, 1.82) is 5.41 Å². The summed E-state index contributed by atoms with van der Waals surface area (Å²) < 4.78 is 2.92. The summed E-state index contributed by atoms with van der Waals surface area (Å²) in [5.41, 5.74) is 6.09. The maximum atomic E-state index is 12.4. The summed E-state index contributed by atoms with van der Waals surface area (Å²) in [6, 6.07) is 1.41. The lowest BCUT2D eigenvalue weighted by Crippen LogP contribution is -2.47. The van der Waals surface area contributed by atoms with Crippen LogP contribution in [0.5, 0.6) is 0 Å². The van der Waals surface area contributed by atoms with Gasteiger partial charge in [0.05, 0.1) is 13.1 Å². The molecule has 2 heterocycles. The van der Waals surface area contributed by atoms with Crippen molar-refractivity contribution in [3.63, 3.8) is 0 Å². The first-order valence-electron chi connectivity index (χ1n) is 7.27. The molecule has 2 rings (SSSR count). The number of hydrogen-bond donors (Lipinski definition) is 4. The molecule has 1 aliphatic heterocycles. The molecule has 5 N–H and O–H groups in total. The van der Waals surface area contributed by atoms with Crippen LogP contribution < -0.4 is 15.8 Å². The van der Waals surface area contributed by atoms with Crippen molar-refractivity contribution in [3.05, 3.63) is 21.9 Å². The Morgan fingerprint density at radius 3 is 3.00 bits per heavy atom. The Balaban J connectivity index is 1.88. The van der Waals surface area contributed by atoms with Gasteiger partial charge in [0, 0.05) is 22.4 Å². The quantitative estimate of drug-likeness (QED) is 0.323. The maximum absolute atomic E-state index is 12.4. The molecule has 0 spiro atoms. The molecular weight excluding hydrogens is 334 g/mol. The molecule has 1 aliphatic rings. The van der Waals surface area contributed by atoms with Crippen molar-refractivity contribution >= 4 is 40.9 Å². The van der Waals surface area contributed by atoms with E-state index in [1.165, 1.54) is 23.3 Å². The second kappa shape index (κ2) is 8.32. The molecule has 1 aromatic heterocycles. The van der Waals surface area contributed by atoms with E-state index in [2.05, 4.69) is 10.0 Å². The number of nitrogens with two attached hydrogens (primary N) is 1. The first-order valence-corrected chi connectivity index (χ1v) is 9.38. The highest BCUT2D eigenvalue weighted by Gasteiger charge is 2.33. The lowest BCUT2D eigenvalue weighted by atomic mass is 10.2. The van der Waals surface area contributed by atoms with E-state index in [0.29, 0.717) is 25.1 Å². The molecule has 7 nitrogen and oxygen atoms in total. The third-order valence-corrected chi connectivity index (χ3v) is 5.01. The van der Waals surface area contributed by atoms with Crippen molar-refractivity contribution in [1.82, 2.24) is 14.9 Å². The number of nitrogens with one attached hydrogen (secondary N) is 3. The monoisotopic (exact) mass is 355 g/mol. The molecule has 1 fully saturated rings. The van der Waals surface area contributed by atoms with Crippen LogP contribution in [0.1, 0.15) is 23.3 Å². The molecule has 0 aliphatic carbocycles. The molecule has 23 heavy (non-hydrogen) atoms. The number of amides is 2. The Morgan fingerprint density at radius 2 is 2.35 bits per heavy atom. The number of nitrogen functional groups attached to an aromatic ring is 1. The number of carbonyl (C=O) groups excluding carboxylic acids is 2. The Morgan fingerprint density at radius 1 is 1.57 bits per heavy atom. The highest BCUT2D eigenvalue weighted by Crippen LogP contribution is 2.18. The molecule has 0 aromatic carbocycles.